The number of hydrogen-bond donors (Lipinski definition) is 2. The van der Waals surface area contributed by atoms with E-state index in [0.29, 0.717) is 30.9 Å². The van der Waals surface area contributed by atoms with Gasteiger partial charge in [-0.3, -0.25) is 4.79 Å². The van der Waals surface area contributed by atoms with E-state index in [9.17, 15) is 4.79 Å². The van der Waals surface area contributed by atoms with Gasteiger partial charge in [-0.15, -0.1) is 24.0 Å². The predicted molar refractivity (Wildman–Crippen MR) is 105 cm³/mol. The smallest absolute Gasteiger partial charge is 0.308 e. The van der Waals surface area contributed by atoms with Crippen LogP contribution in [0, 0.1) is 12.8 Å². The van der Waals surface area contributed by atoms with Gasteiger partial charge < -0.3 is 19.9 Å². The van der Waals surface area contributed by atoms with E-state index < -0.39 is 0 Å². The molecule has 0 bridgehead atoms. The summed E-state index contributed by atoms with van der Waals surface area (Å²) in [5.41, 5.74) is 0. The van der Waals surface area contributed by atoms with Crippen molar-refractivity contribution in [2.75, 3.05) is 13.2 Å². The summed E-state index contributed by atoms with van der Waals surface area (Å²) in [4.78, 5) is 20.4. The second-order valence-corrected chi connectivity index (χ2v) is 5.87. The highest BCUT2D eigenvalue weighted by Gasteiger charge is 2.27. The molecular formula is C16H28IN5O3. The maximum absolute atomic E-state index is 11.8. The molecule has 2 N–H and O–H groups in total. The van der Waals surface area contributed by atoms with Crippen molar-refractivity contribution in [2.24, 2.45) is 10.9 Å². The van der Waals surface area contributed by atoms with Gasteiger partial charge in [0, 0.05) is 19.5 Å². The lowest BCUT2D eigenvalue weighted by Gasteiger charge is -2.29. The number of guanidine groups is 1. The predicted octanol–water partition coefficient (Wildman–Crippen LogP) is 2.17. The zero-order valence-electron chi connectivity index (χ0n) is 15.1. The minimum absolute atomic E-state index is 0. The first-order valence-corrected chi connectivity index (χ1v) is 8.63. The number of halogens is 1. The zero-order chi connectivity index (χ0) is 17.4. The van der Waals surface area contributed by atoms with E-state index in [1.54, 1.807) is 6.92 Å². The lowest BCUT2D eigenvalue weighted by atomic mass is 9.86. The van der Waals surface area contributed by atoms with E-state index in [1.165, 1.54) is 0 Å². The number of aryl methyl sites for hydroxylation is 1. The van der Waals surface area contributed by atoms with Gasteiger partial charge in [-0.2, -0.15) is 4.98 Å². The van der Waals surface area contributed by atoms with Crippen molar-refractivity contribution in [1.82, 2.24) is 20.8 Å². The molecule has 1 saturated carbocycles. The normalized spacial score (nSPS) is 20.5. The standard InChI is InChI=1S/C16H27N5O3.HI/c1-4-17-16(18-10-14-19-11(3)24-21-14)20-13-8-6-12(7-9-13)15(22)23-5-2;/h12-13H,4-10H2,1-3H3,(H2,17,18,20);1H. The Kier molecular flexibility index (Phi) is 9.76. The topological polar surface area (TPSA) is 102 Å². The molecule has 0 unspecified atom stereocenters. The molecule has 0 saturated heterocycles. The average molecular weight is 465 g/mol. The Morgan fingerprint density at radius 2 is 2.04 bits per heavy atom. The SMILES string of the molecule is CCNC(=NCc1noc(C)n1)NC1CCC(C(=O)OCC)CC1.I. The molecule has 142 valence electrons. The minimum Gasteiger partial charge on any atom is -0.466 e. The lowest BCUT2D eigenvalue weighted by Crippen LogP contribution is -2.45. The van der Waals surface area contributed by atoms with Crippen LogP contribution in [-0.4, -0.2) is 41.3 Å². The van der Waals surface area contributed by atoms with Crippen LogP contribution in [0.4, 0.5) is 0 Å². The minimum atomic E-state index is -0.0657. The van der Waals surface area contributed by atoms with Crippen molar-refractivity contribution in [2.45, 2.75) is 59.0 Å². The Hall–Kier alpha value is -1.39. The van der Waals surface area contributed by atoms with Crippen LogP contribution in [0.15, 0.2) is 9.52 Å². The Morgan fingerprint density at radius 1 is 1.32 bits per heavy atom. The summed E-state index contributed by atoms with van der Waals surface area (Å²) in [6.07, 6.45) is 3.55. The van der Waals surface area contributed by atoms with Crippen molar-refractivity contribution in [3.05, 3.63) is 11.7 Å². The van der Waals surface area contributed by atoms with E-state index in [2.05, 4.69) is 25.8 Å². The second kappa shape index (κ2) is 11.3. The number of aromatic nitrogens is 2. The van der Waals surface area contributed by atoms with Crippen LogP contribution >= 0.6 is 24.0 Å². The molecule has 0 amide bonds. The van der Waals surface area contributed by atoms with Gasteiger partial charge in [-0.25, -0.2) is 4.99 Å². The molecule has 0 radical (unpaired) electrons. The van der Waals surface area contributed by atoms with Gasteiger partial charge in [0.25, 0.3) is 0 Å². The molecule has 0 aromatic carbocycles. The third-order valence-electron chi connectivity index (χ3n) is 3.98. The van der Waals surface area contributed by atoms with E-state index >= 15 is 0 Å². The monoisotopic (exact) mass is 465 g/mol. The van der Waals surface area contributed by atoms with Gasteiger partial charge in [0.2, 0.25) is 5.89 Å². The Bertz CT molecular complexity index is 556. The molecule has 1 fully saturated rings. The van der Waals surface area contributed by atoms with Crippen LogP contribution in [-0.2, 0) is 16.1 Å². The van der Waals surface area contributed by atoms with Gasteiger partial charge in [-0.1, -0.05) is 5.16 Å². The van der Waals surface area contributed by atoms with Crippen LogP contribution in [0.3, 0.4) is 0 Å². The number of aliphatic imine (C=N–C) groups is 1. The van der Waals surface area contributed by atoms with E-state index in [-0.39, 0.29) is 35.9 Å². The highest BCUT2D eigenvalue weighted by molar-refractivity contribution is 14.0. The number of carbonyl (C=O) groups is 1. The largest absolute Gasteiger partial charge is 0.466 e. The van der Waals surface area contributed by atoms with Crippen LogP contribution in [0.5, 0.6) is 0 Å². The zero-order valence-corrected chi connectivity index (χ0v) is 17.4. The van der Waals surface area contributed by atoms with E-state index in [1.807, 2.05) is 13.8 Å². The Labute approximate surface area is 165 Å². The number of nitrogens with zero attached hydrogens (tertiary/aromatic N) is 3. The molecule has 0 atom stereocenters. The van der Waals surface area contributed by atoms with Gasteiger partial charge in [-0.05, 0) is 39.5 Å². The van der Waals surface area contributed by atoms with Gasteiger partial charge in [0.1, 0.15) is 6.54 Å². The maximum Gasteiger partial charge on any atom is 0.308 e. The van der Waals surface area contributed by atoms with E-state index in [0.717, 1.165) is 38.2 Å². The second-order valence-electron chi connectivity index (χ2n) is 5.87. The van der Waals surface area contributed by atoms with Crippen molar-refractivity contribution in [1.29, 1.82) is 0 Å². The first-order chi connectivity index (χ1) is 11.6. The summed E-state index contributed by atoms with van der Waals surface area (Å²) in [6, 6.07) is 0.306. The highest BCUT2D eigenvalue weighted by atomic mass is 127. The third kappa shape index (κ3) is 7.17. The van der Waals surface area contributed by atoms with Gasteiger partial charge >= 0.3 is 5.97 Å². The summed E-state index contributed by atoms with van der Waals surface area (Å²) in [5.74, 6) is 1.81. The summed E-state index contributed by atoms with van der Waals surface area (Å²) in [7, 11) is 0. The molecule has 1 aromatic rings. The molecule has 1 heterocycles. The fourth-order valence-electron chi connectivity index (χ4n) is 2.80. The molecular weight excluding hydrogens is 437 g/mol. The van der Waals surface area contributed by atoms with Crippen molar-refractivity contribution >= 4 is 35.9 Å². The number of nitrogens with one attached hydrogen (secondary N) is 2. The summed E-state index contributed by atoms with van der Waals surface area (Å²) in [5, 5.41) is 10.5. The third-order valence-corrected chi connectivity index (χ3v) is 3.98. The number of esters is 1. The number of ether oxygens (including phenoxy) is 1. The molecule has 1 aliphatic rings. The average Bonchev–Trinajstić information content (AvgIpc) is 2.99. The van der Waals surface area contributed by atoms with Crippen molar-refractivity contribution in [3.8, 4) is 0 Å². The molecule has 2 rings (SSSR count). The summed E-state index contributed by atoms with van der Waals surface area (Å²) >= 11 is 0. The first kappa shape index (κ1) is 21.7. The van der Waals surface area contributed by atoms with Gasteiger partial charge in [0.15, 0.2) is 11.8 Å². The fourth-order valence-corrected chi connectivity index (χ4v) is 2.80. The molecule has 25 heavy (non-hydrogen) atoms. The van der Waals surface area contributed by atoms with Crippen molar-refractivity contribution in [3.63, 3.8) is 0 Å². The van der Waals surface area contributed by atoms with Crippen molar-refractivity contribution < 1.29 is 14.1 Å². The van der Waals surface area contributed by atoms with Crippen LogP contribution in [0.25, 0.3) is 0 Å². The molecule has 1 aliphatic carbocycles. The summed E-state index contributed by atoms with van der Waals surface area (Å²) < 4.78 is 10.1. The van der Waals surface area contributed by atoms with Crippen LogP contribution in [0.1, 0.15) is 51.2 Å². The quantitative estimate of drug-likeness (QED) is 0.287. The molecule has 0 aliphatic heterocycles. The van der Waals surface area contributed by atoms with E-state index in [4.69, 9.17) is 9.26 Å². The number of hydrogen-bond acceptors (Lipinski definition) is 6. The molecule has 8 nitrogen and oxygen atoms in total. The Morgan fingerprint density at radius 3 is 2.60 bits per heavy atom. The molecule has 1 aromatic heterocycles. The fraction of sp³-hybridized carbons (Fsp3) is 0.750. The Balaban J connectivity index is 0.00000312. The number of rotatable bonds is 6. The highest BCUT2D eigenvalue weighted by Crippen LogP contribution is 2.25. The van der Waals surface area contributed by atoms with Crippen LogP contribution in [0.2, 0.25) is 0 Å². The van der Waals surface area contributed by atoms with Gasteiger partial charge in [0.05, 0.1) is 12.5 Å². The van der Waals surface area contributed by atoms with Crippen LogP contribution < -0.4 is 10.6 Å². The summed E-state index contributed by atoms with van der Waals surface area (Å²) in [6.45, 7) is 7.21. The maximum atomic E-state index is 11.8. The molecule has 9 heteroatoms. The lowest BCUT2D eigenvalue weighted by molar-refractivity contribution is -0.149. The number of carbonyl (C=O) groups excluding carboxylic acids is 1. The first-order valence-electron chi connectivity index (χ1n) is 8.63. The molecule has 0 spiro atoms.